The van der Waals surface area contributed by atoms with E-state index in [2.05, 4.69) is 0 Å². The molecular formula is C10H10Cl2O3. The number of benzene rings is 1. The highest BCUT2D eigenvalue weighted by atomic mass is 35.5. The third kappa shape index (κ3) is 3.98. The molecule has 0 heterocycles. The van der Waals surface area contributed by atoms with E-state index in [0.717, 1.165) is 0 Å². The van der Waals surface area contributed by atoms with Crippen LogP contribution in [-0.2, 0) is 4.79 Å². The Kier molecular flexibility index (Phi) is 4.24. The number of hydrogen-bond acceptors (Lipinski definition) is 2. The molecule has 0 unspecified atom stereocenters. The van der Waals surface area contributed by atoms with E-state index in [-0.39, 0.29) is 6.42 Å². The van der Waals surface area contributed by atoms with Crippen molar-refractivity contribution in [1.29, 1.82) is 0 Å². The molecule has 1 aromatic carbocycles. The maximum Gasteiger partial charge on any atom is 0.307 e. The molecule has 0 aromatic heterocycles. The average molecular weight is 249 g/mol. The lowest BCUT2D eigenvalue weighted by molar-refractivity contribution is -0.138. The van der Waals surface area contributed by atoms with E-state index in [9.17, 15) is 4.79 Å². The topological polar surface area (TPSA) is 46.5 Å². The molecule has 1 aromatic rings. The standard InChI is InChI=1S/C10H10Cl2O3/c1-6(4-10(13)14)15-7-2-3-8(11)9(12)5-7/h2-3,5-6H,4H2,1H3,(H,13,14)/t6-/m0/s1. The van der Waals surface area contributed by atoms with Crippen LogP contribution >= 0.6 is 23.2 Å². The first-order valence-electron chi connectivity index (χ1n) is 4.32. The molecule has 3 nitrogen and oxygen atoms in total. The van der Waals surface area contributed by atoms with Gasteiger partial charge in [-0.3, -0.25) is 4.79 Å². The Labute approximate surface area is 97.6 Å². The van der Waals surface area contributed by atoms with E-state index in [4.69, 9.17) is 33.0 Å². The maximum atomic E-state index is 10.4. The van der Waals surface area contributed by atoms with Gasteiger partial charge in [-0.05, 0) is 19.1 Å². The van der Waals surface area contributed by atoms with Gasteiger partial charge in [-0.15, -0.1) is 0 Å². The largest absolute Gasteiger partial charge is 0.490 e. The Hall–Kier alpha value is -0.930. The lowest BCUT2D eigenvalue weighted by atomic mass is 10.3. The highest BCUT2D eigenvalue weighted by molar-refractivity contribution is 6.42. The number of halogens is 2. The van der Waals surface area contributed by atoms with Crippen LogP contribution in [0, 0.1) is 0 Å². The monoisotopic (exact) mass is 248 g/mol. The summed E-state index contributed by atoms with van der Waals surface area (Å²) >= 11 is 11.5. The first-order valence-corrected chi connectivity index (χ1v) is 5.08. The van der Waals surface area contributed by atoms with Crippen molar-refractivity contribution in [3.8, 4) is 5.75 Å². The van der Waals surface area contributed by atoms with Crippen LogP contribution < -0.4 is 4.74 Å². The smallest absolute Gasteiger partial charge is 0.307 e. The molecule has 0 aliphatic heterocycles. The molecule has 0 aliphatic carbocycles. The molecule has 5 heteroatoms. The molecule has 0 aliphatic rings. The summed E-state index contributed by atoms with van der Waals surface area (Å²) in [4.78, 5) is 10.4. The normalized spacial score (nSPS) is 12.2. The van der Waals surface area contributed by atoms with E-state index in [1.54, 1.807) is 25.1 Å². The van der Waals surface area contributed by atoms with Crippen LogP contribution in [0.2, 0.25) is 10.0 Å². The Morgan fingerprint density at radius 1 is 1.47 bits per heavy atom. The van der Waals surface area contributed by atoms with E-state index in [1.807, 2.05) is 0 Å². The third-order valence-electron chi connectivity index (χ3n) is 1.69. The van der Waals surface area contributed by atoms with Crippen molar-refractivity contribution in [2.75, 3.05) is 0 Å². The minimum absolute atomic E-state index is 0.0553. The predicted molar refractivity (Wildman–Crippen MR) is 58.8 cm³/mol. The molecule has 15 heavy (non-hydrogen) atoms. The Bertz CT molecular complexity index is 366. The van der Waals surface area contributed by atoms with Crippen LogP contribution in [-0.4, -0.2) is 17.2 Å². The van der Waals surface area contributed by atoms with Gasteiger partial charge in [0.1, 0.15) is 11.9 Å². The van der Waals surface area contributed by atoms with Crippen molar-refractivity contribution < 1.29 is 14.6 Å². The minimum Gasteiger partial charge on any atom is -0.490 e. The molecule has 0 saturated carbocycles. The fraction of sp³-hybridized carbons (Fsp3) is 0.300. The lowest BCUT2D eigenvalue weighted by Crippen LogP contribution is -2.16. The van der Waals surface area contributed by atoms with E-state index in [1.165, 1.54) is 0 Å². The van der Waals surface area contributed by atoms with Crippen LogP contribution in [0.4, 0.5) is 0 Å². The van der Waals surface area contributed by atoms with Crippen LogP contribution in [0.1, 0.15) is 13.3 Å². The second-order valence-corrected chi connectivity index (χ2v) is 3.92. The van der Waals surface area contributed by atoms with Gasteiger partial charge in [-0.2, -0.15) is 0 Å². The highest BCUT2D eigenvalue weighted by Gasteiger charge is 2.09. The zero-order valence-corrected chi connectivity index (χ0v) is 9.55. The molecule has 82 valence electrons. The summed E-state index contributed by atoms with van der Waals surface area (Å²) in [5.74, 6) is -0.388. The third-order valence-corrected chi connectivity index (χ3v) is 2.43. The van der Waals surface area contributed by atoms with E-state index in [0.29, 0.717) is 15.8 Å². The number of ether oxygens (including phenoxy) is 1. The van der Waals surface area contributed by atoms with Gasteiger partial charge in [0.2, 0.25) is 0 Å². The van der Waals surface area contributed by atoms with Crippen molar-refractivity contribution in [2.45, 2.75) is 19.4 Å². The fourth-order valence-corrected chi connectivity index (χ4v) is 1.36. The number of carboxylic acids is 1. The van der Waals surface area contributed by atoms with Gasteiger partial charge in [0, 0.05) is 6.07 Å². The molecule has 0 radical (unpaired) electrons. The number of rotatable bonds is 4. The summed E-state index contributed by atoms with van der Waals surface area (Å²) in [6, 6.07) is 4.81. The van der Waals surface area contributed by atoms with Gasteiger partial charge in [-0.1, -0.05) is 23.2 Å². The summed E-state index contributed by atoms with van der Waals surface area (Å²) in [6.07, 6.45) is -0.458. The van der Waals surface area contributed by atoms with Crippen molar-refractivity contribution in [3.63, 3.8) is 0 Å². The zero-order valence-electron chi connectivity index (χ0n) is 8.04. The summed E-state index contributed by atoms with van der Waals surface area (Å²) in [5, 5.41) is 9.36. The van der Waals surface area contributed by atoms with Crippen molar-refractivity contribution in [2.24, 2.45) is 0 Å². The highest BCUT2D eigenvalue weighted by Crippen LogP contribution is 2.26. The van der Waals surface area contributed by atoms with Crippen molar-refractivity contribution in [3.05, 3.63) is 28.2 Å². The molecule has 0 bridgehead atoms. The molecule has 1 atom stereocenters. The Morgan fingerprint density at radius 2 is 2.13 bits per heavy atom. The summed E-state index contributed by atoms with van der Waals surface area (Å²) in [7, 11) is 0. The molecule has 0 fully saturated rings. The quantitative estimate of drug-likeness (QED) is 0.890. The van der Waals surface area contributed by atoms with Crippen LogP contribution in [0.5, 0.6) is 5.75 Å². The number of aliphatic carboxylic acids is 1. The molecule has 0 amide bonds. The number of hydrogen-bond donors (Lipinski definition) is 1. The summed E-state index contributed by atoms with van der Waals surface area (Å²) in [6.45, 7) is 1.68. The predicted octanol–water partition coefficient (Wildman–Crippen LogP) is 3.24. The van der Waals surface area contributed by atoms with Gasteiger partial charge < -0.3 is 9.84 Å². The lowest BCUT2D eigenvalue weighted by Gasteiger charge is -2.12. The van der Waals surface area contributed by atoms with Crippen LogP contribution in [0.3, 0.4) is 0 Å². The maximum absolute atomic E-state index is 10.4. The molecule has 0 spiro atoms. The average Bonchev–Trinajstić information content (AvgIpc) is 2.10. The van der Waals surface area contributed by atoms with Crippen molar-refractivity contribution in [1.82, 2.24) is 0 Å². The SMILES string of the molecule is C[C@@H](CC(=O)O)Oc1ccc(Cl)c(Cl)c1. The molecule has 1 rings (SSSR count). The minimum atomic E-state index is -0.900. The van der Waals surface area contributed by atoms with E-state index >= 15 is 0 Å². The van der Waals surface area contributed by atoms with Crippen molar-refractivity contribution >= 4 is 29.2 Å². The summed E-state index contributed by atoms with van der Waals surface area (Å²) < 4.78 is 5.34. The van der Waals surface area contributed by atoms with Gasteiger partial charge in [0.05, 0.1) is 16.5 Å². The first kappa shape index (κ1) is 12.1. The van der Waals surface area contributed by atoms with Crippen LogP contribution in [0.15, 0.2) is 18.2 Å². The second kappa shape index (κ2) is 5.24. The van der Waals surface area contributed by atoms with Gasteiger partial charge in [0.25, 0.3) is 0 Å². The van der Waals surface area contributed by atoms with E-state index < -0.39 is 12.1 Å². The number of carbonyl (C=O) groups is 1. The molecular weight excluding hydrogens is 239 g/mol. The molecule has 0 saturated heterocycles. The molecule has 1 N–H and O–H groups in total. The van der Waals surface area contributed by atoms with Gasteiger partial charge in [0.15, 0.2) is 0 Å². The number of carboxylic acid groups (broad SMARTS) is 1. The second-order valence-electron chi connectivity index (χ2n) is 3.10. The van der Waals surface area contributed by atoms with Gasteiger partial charge in [-0.25, -0.2) is 0 Å². The Morgan fingerprint density at radius 3 is 2.67 bits per heavy atom. The first-order chi connectivity index (χ1) is 6.99. The fourth-order valence-electron chi connectivity index (χ4n) is 1.07. The van der Waals surface area contributed by atoms with Gasteiger partial charge >= 0.3 is 5.97 Å². The zero-order chi connectivity index (χ0) is 11.4. The Balaban J connectivity index is 2.64. The van der Waals surface area contributed by atoms with Crippen LogP contribution in [0.25, 0.3) is 0 Å². The summed E-state index contributed by atoms with van der Waals surface area (Å²) in [5.41, 5.74) is 0.